The minimum atomic E-state index is -0.721. The van der Waals surface area contributed by atoms with E-state index < -0.39 is 17.1 Å². The number of ether oxygens (including phenoxy) is 2. The highest BCUT2D eigenvalue weighted by molar-refractivity contribution is 6.31. The molecule has 9 nitrogen and oxygen atoms in total. The van der Waals surface area contributed by atoms with E-state index in [1.807, 2.05) is 35.9 Å². The van der Waals surface area contributed by atoms with Crippen molar-refractivity contribution in [3.8, 4) is 11.5 Å². The first-order chi connectivity index (χ1) is 25.2. The van der Waals surface area contributed by atoms with E-state index in [1.54, 1.807) is 6.07 Å². The average molecular weight is 723 g/mol. The second kappa shape index (κ2) is 16.9. The molecule has 6 rings (SSSR count). The van der Waals surface area contributed by atoms with Gasteiger partial charge in [-0.25, -0.2) is 4.68 Å². The molecular weight excluding hydrogens is 672 g/mol. The molecule has 52 heavy (non-hydrogen) atoms. The number of halogens is 1. The summed E-state index contributed by atoms with van der Waals surface area (Å²) < 4.78 is 13.9. The van der Waals surface area contributed by atoms with Crippen molar-refractivity contribution in [1.29, 1.82) is 0 Å². The minimum Gasteiger partial charge on any atom is -0.489 e. The van der Waals surface area contributed by atoms with Gasteiger partial charge < -0.3 is 24.8 Å². The van der Waals surface area contributed by atoms with Gasteiger partial charge >= 0.3 is 0 Å². The van der Waals surface area contributed by atoms with Crippen LogP contribution in [0.5, 0.6) is 11.5 Å². The topological polar surface area (TPSA) is 97.6 Å². The van der Waals surface area contributed by atoms with Gasteiger partial charge in [0.2, 0.25) is 0 Å². The molecule has 10 heteroatoms. The lowest BCUT2D eigenvalue weighted by Gasteiger charge is -2.46. The summed E-state index contributed by atoms with van der Waals surface area (Å²) in [5.74, 6) is 2.22. The van der Waals surface area contributed by atoms with Gasteiger partial charge in [0.15, 0.2) is 17.3 Å². The summed E-state index contributed by atoms with van der Waals surface area (Å²) in [6.07, 6.45) is 11.2. The van der Waals surface area contributed by atoms with Gasteiger partial charge in [-0.05, 0) is 60.5 Å². The molecule has 0 saturated carbocycles. The SMILES string of the molecule is C=C(NC[C@@H]1CCN(CCCc2nnnn2C(c2ccccc2)(c2ccccc2)C(C)(C)/C=C\C=C/C)C[C@H]1O)c1cc(Cl)cc2c1OCCCO2. The quantitative estimate of drug-likeness (QED) is 0.131. The number of β-amino-alcohol motifs (C(OH)–C–C–N with tert-alkyl or cyclic N) is 1. The number of nitrogens with zero attached hydrogens (tertiary/aromatic N) is 5. The first-order valence-corrected chi connectivity index (χ1v) is 18.7. The van der Waals surface area contributed by atoms with Crippen molar-refractivity contribution in [2.75, 3.05) is 39.4 Å². The number of hydrogen-bond acceptors (Lipinski definition) is 8. The summed E-state index contributed by atoms with van der Waals surface area (Å²) >= 11 is 6.40. The van der Waals surface area contributed by atoms with E-state index in [2.05, 4.69) is 108 Å². The van der Waals surface area contributed by atoms with Crippen LogP contribution in [0.15, 0.2) is 104 Å². The molecule has 4 aromatic rings. The van der Waals surface area contributed by atoms with Crippen LogP contribution in [0.1, 0.15) is 62.5 Å². The number of fused-ring (bicyclic) bond motifs is 1. The van der Waals surface area contributed by atoms with Crippen LogP contribution in [0, 0.1) is 11.3 Å². The van der Waals surface area contributed by atoms with Crippen LogP contribution < -0.4 is 14.8 Å². The van der Waals surface area contributed by atoms with Crippen LogP contribution in [0.3, 0.4) is 0 Å². The van der Waals surface area contributed by atoms with Crippen LogP contribution in [0.2, 0.25) is 5.02 Å². The molecule has 2 N–H and O–H groups in total. The van der Waals surface area contributed by atoms with Crippen molar-refractivity contribution in [3.63, 3.8) is 0 Å². The van der Waals surface area contributed by atoms with Crippen molar-refractivity contribution in [1.82, 2.24) is 30.4 Å². The molecule has 274 valence electrons. The third kappa shape index (κ3) is 7.97. The first kappa shape index (κ1) is 37.3. The Morgan fingerprint density at radius 3 is 2.44 bits per heavy atom. The monoisotopic (exact) mass is 722 g/mol. The molecule has 2 aliphatic heterocycles. The smallest absolute Gasteiger partial charge is 0.170 e. The number of piperidine rings is 1. The van der Waals surface area contributed by atoms with Crippen molar-refractivity contribution < 1.29 is 14.6 Å². The fourth-order valence-electron chi connectivity index (χ4n) is 7.70. The van der Waals surface area contributed by atoms with Gasteiger partial charge in [0.05, 0.1) is 19.3 Å². The lowest BCUT2D eigenvalue weighted by atomic mass is 9.64. The highest BCUT2D eigenvalue weighted by atomic mass is 35.5. The van der Waals surface area contributed by atoms with Crippen LogP contribution in [-0.4, -0.2) is 75.7 Å². The summed E-state index contributed by atoms with van der Waals surface area (Å²) in [6, 6.07) is 24.7. The molecule has 3 heterocycles. The molecule has 0 aliphatic carbocycles. The summed E-state index contributed by atoms with van der Waals surface area (Å²) in [6.45, 7) is 14.9. The number of rotatable bonds is 14. The maximum absolute atomic E-state index is 11.2. The average Bonchev–Trinajstić information content (AvgIpc) is 3.47. The van der Waals surface area contributed by atoms with E-state index in [-0.39, 0.29) is 5.92 Å². The Bertz CT molecular complexity index is 1800. The Kier molecular flexibility index (Phi) is 12.1. The second-order valence-electron chi connectivity index (χ2n) is 14.3. The molecular formula is C42H51ClN6O3. The molecule has 1 fully saturated rings. The predicted octanol–water partition coefficient (Wildman–Crippen LogP) is 7.31. The predicted molar refractivity (Wildman–Crippen MR) is 208 cm³/mol. The fourth-order valence-corrected chi connectivity index (χ4v) is 7.91. The Morgan fingerprint density at radius 2 is 1.75 bits per heavy atom. The van der Waals surface area contributed by atoms with E-state index >= 15 is 0 Å². The lowest BCUT2D eigenvalue weighted by molar-refractivity contribution is 0.0231. The molecule has 1 saturated heterocycles. The van der Waals surface area contributed by atoms with Crippen LogP contribution in [-0.2, 0) is 12.0 Å². The number of aliphatic hydroxyl groups is 1. The van der Waals surface area contributed by atoms with Crippen molar-refractivity contribution >= 4 is 17.3 Å². The zero-order valence-corrected chi connectivity index (χ0v) is 31.3. The zero-order chi connectivity index (χ0) is 36.6. The highest BCUT2D eigenvalue weighted by Gasteiger charge is 2.50. The zero-order valence-electron chi connectivity index (χ0n) is 30.5. The number of aliphatic hydroxyl groups excluding tert-OH is 1. The summed E-state index contributed by atoms with van der Waals surface area (Å²) in [5.41, 5.74) is 2.56. The van der Waals surface area contributed by atoms with Crippen molar-refractivity contribution in [2.24, 2.45) is 11.3 Å². The number of tetrazole rings is 1. The Labute approximate surface area is 313 Å². The number of aryl methyl sites for hydroxylation is 1. The molecule has 2 atom stereocenters. The molecule has 3 aromatic carbocycles. The van der Waals surface area contributed by atoms with Crippen LogP contribution in [0.25, 0.3) is 5.70 Å². The number of benzene rings is 3. The van der Waals surface area contributed by atoms with E-state index in [0.29, 0.717) is 54.9 Å². The normalized spacial score (nSPS) is 18.5. The van der Waals surface area contributed by atoms with Gasteiger partial charge in [0.25, 0.3) is 0 Å². The third-order valence-corrected chi connectivity index (χ3v) is 10.6. The summed E-state index contributed by atoms with van der Waals surface area (Å²) in [7, 11) is 0. The van der Waals surface area contributed by atoms with Crippen molar-refractivity contribution in [3.05, 3.63) is 131 Å². The molecule has 0 radical (unpaired) electrons. The van der Waals surface area contributed by atoms with E-state index in [9.17, 15) is 5.11 Å². The van der Waals surface area contributed by atoms with Gasteiger partial charge in [0.1, 0.15) is 5.54 Å². The minimum absolute atomic E-state index is 0.0884. The Balaban J connectivity index is 1.13. The molecule has 0 amide bonds. The summed E-state index contributed by atoms with van der Waals surface area (Å²) in [5, 5.41) is 28.9. The van der Waals surface area contributed by atoms with E-state index in [1.165, 1.54) is 0 Å². The van der Waals surface area contributed by atoms with E-state index in [4.69, 9.17) is 26.3 Å². The number of aromatic nitrogens is 4. The van der Waals surface area contributed by atoms with Gasteiger partial charge in [-0.2, -0.15) is 0 Å². The molecule has 2 aliphatic rings. The van der Waals surface area contributed by atoms with Gasteiger partial charge in [0, 0.05) is 59.6 Å². The van der Waals surface area contributed by atoms with Crippen molar-refractivity contribution in [2.45, 2.75) is 58.1 Å². The number of nitrogens with one attached hydrogen (secondary N) is 1. The largest absolute Gasteiger partial charge is 0.489 e. The lowest BCUT2D eigenvalue weighted by Crippen LogP contribution is -2.50. The highest BCUT2D eigenvalue weighted by Crippen LogP contribution is 2.49. The maximum Gasteiger partial charge on any atom is 0.170 e. The number of likely N-dealkylation sites (tertiary alicyclic amines) is 1. The third-order valence-electron chi connectivity index (χ3n) is 10.4. The standard InChI is InChI=1S/C42H51ClN6O3/c1-5-6-13-22-41(3,4)42(33-16-9-7-10-17-33,34-18-11-8-12-19-34)49-39(45-46-47-49)20-14-23-48-24-21-32(37(50)30-48)29-44-31(2)36-27-35(43)28-38-40(36)52-26-15-25-51-38/h5-13,16-19,22,27-28,32,37,44,50H,2,14-15,20-21,23-26,29-30H2,1,3-4H3/b6-5-,22-13-/t32-,37+/m0/s1. The molecule has 1 aromatic heterocycles. The van der Waals surface area contributed by atoms with Gasteiger partial charge in [-0.15, -0.1) is 5.10 Å². The van der Waals surface area contributed by atoms with Crippen LogP contribution in [0.4, 0.5) is 0 Å². The molecule has 0 unspecified atom stereocenters. The fraction of sp³-hybridized carbons (Fsp3) is 0.405. The number of hydrogen-bond donors (Lipinski definition) is 2. The van der Waals surface area contributed by atoms with E-state index in [0.717, 1.165) is 54.9 Å². The summed E-state index contributed by atoms with van der Waals surface area (Å²) in [4.78, 5) is 2.34. The Morgan fingerprint density at radius 1 is 1.04 bits per heavy atom. The first-order valence-electron chi connectivity index (χ1n) is 18.4. The van der Waals surface area contributed by atoms with Gasteiger partial charge in [-0.1, -0.05) is 117 Å². The second-order valence-corrected chi connectivity index (χ2v) is 14.7. The molecule has 0 bridgehead atoms. The molecule has 0 spiro atoms. The number of allylic oxidation sites excluding steroid dienone is 4. The Hall–Kier alpha value is -4.44. The van der Waals surface area contributed by atoms with Crippen LogP contribution >= 0.6 is 11.6 Å². The van der Waals surface area contributed by atoms with Gasteiger partial charge in [-0.3, -0.25) is 0 Å². The maximum atomic E-state index is 11.2.